The summed E-state index contributed by atoms with van der Waals surface area (Å²) in [6, 6.07) is 0.924. The van der Waals surface area contributed by atoms with Crippen molar-refractivity contribution < 1.29 is 9.59 Å². The third-order valence-corrected chi connectivity index (χ3v) is 4.33. The van der Waals surface area contributed by atoms with E-state index in [-0.39, 0.29) is 11.8 Å². The zero-order valence-corrected chi connectivity index (χ0v) is 10.3. The van der Waals surface area contributed by atoms with Crippen LogP contribution in [0.3, 0.4) is 0 Å². The molecule has 5 nitrogen and oxygen atoms in total. The third-order valence-electron chi connectivity index (χ3n) is 4.33. The molecule has 3 aliphatic heterocycles. The van der Waals surface area contributed by atoms with Crippen molar-refractivity contribution in [3.05, 3.63) is 0 Å². The SMILES string of the molecule is CN1CC2CC1CN2C(=O)CN1CCCC1=O. The zero-order chi connectivity index (χ0) is 12.0. The second-order valence-corrected chi connectivity index (χ2v) is 5.45. The van der Waals surface area contributed by atoms with Crippen LogP contribution in [0.2, 0.25) is 0 Å². The number of nitrogens with zero attached hydrogens (tertiary/aromatic N) is 3. The molecule has 3 aliphatic rings. The zero-order valence-electron chi connectivity index (χ0n) is 10.3. The third kappa shape index (κ3) is 1.82. The summed E-state index contributed by atoms with van der Waals surface area (Å²) in [5, 5.41) is 0. The van der Waals surface area contributed by atoms with Gasteiger partial charge < -0.3 is 9.80 Å². The molecule has 17 heavy (non-hydrogen) atoms. The maximum atomic E-state index is 12.2. The Morgan fingerprint density at radius 3 is 2.71 bits per heavy atom. The highest BCUT2D eigenvalue weighted by Gasteiger charge is 2.43. The number of piperazine rings is 1. The Kier molecular flexibility index (Phi) is 2.58. The van der Waals surface area contributed by atoms with Crippen molar-refractivity contribution in [2.45, 2.75) is 31.3 Å². The lowest BCUT2D eigenvalue weighted by Crippen LogP contribution is -2.50. The molecule has 0 saturated carbocycles. The molecule has 3 saturated heterocycles. The number of likely N-dealkylation sites (N-methyl/N-ethyl adjacent to an activating group) is 1. The lowest BCUT2D eigenvalue weighted by atomic mass is 10.2. The van der Waals surface area contributed by atoms with E-state index in [4.69, 9.17) is 0 Å². The molecule has 0 N–H and O–H groups in total. The smallest absolute Gasteiger partial charge is 0.242 e. The van der Waals surface area contributed by atoms with Gasteiger partial charge in [-0.3, -0.25) is 14.5 Å². The van der Waals surface area contributed by atoms with Gasteiger partial charge in [-0.05, 0) is 19.9 Å². The largest absolute Gasteiger partial charge is 0.335 e. The Balaban J connectivity index is 1.59. The molecule has 3 fully saturated rings. The second kappa shape index (κ2) is 3.98. The van der Waals surface area contributed by atoms with Crippen molar-refractivity contribution in [2.75, 3.05) is 33.2 Å². The minimum Gasteiger partial charge on any atom is -0.335 e. The van der Waals surface area contributed by atoms with Gasteiger partial charge in [0, 0.05) is 38.1 Å². The molecule has 0 spiro atoms. The number of hydrogen-bond donors (Lipinski definition) is 0. The van der Waals surface area contributed by atoms with Crippen LogP contribution < -0.4 is 0 Å². The lowest BCUT2D eigenvalue weighted by molar-refractivity contribution is -0.139. The summed E-state index contributed by atoms with van der Waals surface area (Å²) in [7, 11) is 2.12. The minimum atomic E-state index is 0.139. The van der Waals surface area contributed by atoms with Crippen molar-refractivity contribution in [3.8, 4) is 0 Å². The maximum absolute atomic E-state index is 12.2. The summed E-state index contributed by atoms with van der Waals surface area (Å²) < 4.78 is 0. The van der Waals surface area contributed by atoms with Crippen LogP contribution >= 0.6 is 0 Å². The van der Waals surface area contributed by atoms with Gasteiger partial charge in [-0.15, -0.1) is 0 Å². The van der Waals surface area contributed by atoms with Gasteiger partial charge >= 0.3 is 0 Å². The molecule has 3 heterocycles. The van der Waals surface area contributed by atoms with Crippen LogP contribution in [0.15, 0.2) is 0 Å². The molecule has 2 bridgehead atoms. The molecular formula is C12H19N3O2. The quantitative estimate of drug-likeness (QED) is 0.652. The average Bonchev–Trinajstić information content (AvgIpc) is 2.94. The van der Waals surface area contributed by atoms with Crippen LogP contribution in [0.1, 0.15) is 19.3 Å². The van der Waals surface area contributed by atoms with Crippen molar-refractivity contribution in [1.29, 1.82) is 0 Å². The summed E-state index contributed by atoms with van der Waals surface area (Å²) in [6.45, 7) is 2.89. The van der Waals surface area contributed by atoms with Crippen molar-refractivity contribution in [1.82, 2.24) is 14.7 Å². The van der Waals surface area contributed by atoms with Crippen molar-refractivity contribution in [2.24, 2.45) is 0 Å². The van der Waals surface area contributed by atoms with E-state index < -0.39 is 0 Å². The van der Waals surface area contributed by atoms with Gasteiger partial charge in [-0.25, -0.2) is 0 Å². The predicted octanol–water partition coefficient (Wildman–Crippen LogP) is -0.476. The van der Waals surface area contributed by atoms with Gasteiger partial charge in [-0.1, -0.05) is 0 Å². The normalized spacial score (nSPS) is 32.9. The molecule has 2 atom stereocenters. The summed E-state index contributed by atoms with van der Waals surface area (Å²) >= 11 is 0. The van der Waals surface area contributed by atoms with Gasteiger partial charge in [0.05, 0.1) is 6.54 Å². The molecule has 0 aromatic rings. The summed E-state index contributed by atoms with van der Waals surface area (Å²) in [5.74, 6) is 0.278. The van der Waals surface area contributed by atoms with Gasteiger partial charge in [0.25, 0.3) is 0 Å². The molecule has 0 radical (unpaired) electrons. The maximum Gasteiger partial charge on any atom is 0.242 e. The molecule has 0 aromatic heterocycles. The van der Waals surface area contributed by atoms with Gasteiger partial charge in [-0.2, -0.15) is 0 Å². The van der Waals surface area contributed by atoms with Crippen molar-refractivity contribution >= 4 is 11.8 Å². The van der Waals surface area contributed by atoms with E-state index in [2.05, 4.69) is 11.9 Å². The standard InChI is InChI=1S/C12H19N3O2/c1-13-6-10-5-9(13)7-15(10)12(17)8-14-4-2-3-11(14)16/h9-10H,2-8H2,1H3. The van der Waals surface area contributed by atoms with Gasteiger partial charge in [0.2, 0.25) is 11.8 Å². The number of carbonyl (C=O) groups excluding carboxylic acids is 2. The van der Waals surface area contributed by atoms with Crippen LogP contribution in [-0.2, 0) is 9.59 Å². The van der Waals surface area contributed by atoms with E-state index in [0.29, 0.717) is 25.0 Å². The van der Waals surface area contributed by atoms with Gasteiger partial charge in [0.1, 0.15) is 0 Å². The molecule has 0 aromatic carbocycles. The molecule has 3 rings (SSSR count). The van der Waals surface area contributed by atoms with Crippen LogP contribution in [0.5, 0.6) is 0 Å². The molecular weight excluding hydrogens is 218 g/mol. The van der Waals surface area contributed by atoms with E-state index in [0.717, 1.165) is 32.5 Å². The van der Waals surface area contributed by atoms with E-state index in [9.17, 15) is 9.59 Å². The molecule has 94 valence electrons. The Bertz CT molecular complexity index is 356. The van der Waals surface area contributed by atoms with Gasteiger partial charge in [0.15, 0.2) is 0 Å². The van der Waals surface area contributed by atoms with E-state index in [1.807, 2.05) is 4.90 Å². The first-order chi connectivity index (χ1) is 8.15. The molecule has 2 unspecified atom stereocenters. The number of likely N-dealkylation sites (tertiary alicyclic amines) is 3. The second-order valence-electron chi connectivity index (χ2n) is 5.45. The van der Waals surface area contributed by atoms with Crippen molar-refractivity contribution in [3.63, 3.8) is 0 Å². The first-order valence-electron chi connectivity index (χ1n) is 6.42. The monoisotopic (exact) mass is 237 g/mol. The number of rotatable bonds is 2. The Morgan fingerprint density at radius 2 is 2.18 bits per heavy atom. The highest BCUT2D eigenvalue weighted by molar-refractivity contribution is 5.86. The Labute approximate surface area is 101 Å². The topological polar surface area (TPSA) is 43.9 Å². The number of carbonyl (C=O) groups is 2. The van der Waals surface area contributed by atoms with Crippen LogP contribution in [0, 0.1) is 0 Å². The predicted molar refractivity (Wildman–Crippen MR) is 62.4 cm³/mol. The molecule has 2 amide bonds. The fourth-order valence-corrected chi connectivity index (χ4v) is 3.30. The Hall–Kier alpha value is -1.10. The highest BCUT2D eigenvalue weighted by Crippen LogP contribution is 2.29. The average molecular weight is 237 g/mol. The molecule has 0 aliphatic carbocycles. The van der Waals surface area contributed by atoms with Crippen LogP contribution in [-0.4, -0.2) is 71.8 Å². The van der Waals surface area contributed by atoms with E-state index >= 15 is 0 Å². The van der Waals surface area contributed by atoms with E-state index in [1.165, 1.54) is 0 Å². The number of fused-ring (bicyclic) bond motifs is 2. The number of amides is 2. The van der Waals surface area contributed by atoms with Crippen LogP contribution in [0.4, 0.5) is 0 Å². The van der Waals surface area contributed by atoms with E-state index in [1.54, 1.807) is 4.90 Å². The molecule has 5 heteroatoms. The lowest BCUT2D eigenvalue weighted by Gasteiger charge is -2.33. The fourth-order valence-electron chi connectivity index (χ4n) is 3.30. The summed E-state index contributed by atoms with van der Waals surface area (Å²) in [4.78, 5) is 29.7. The summed E-state index contributed by atoms with van der Waals surface area (Å²) in [6.07, 6.45) is 2.62. The first kappa shape index (κ1) is 11.0. The number of hydrogen-bond acceptors (Lipinski definition) is 3. The minimum absolute atomic E-state index is 0.139. The summed E-state index contributed by atoms with van der Waals surface area (Å²) in [5.41, 5.74) is 0. The first-order valence-corrected chi connectivity index (χ1v) is 6.42. The highest BCUT2D eigenvalue weighted by atomic mass is 16.2. The Morgan fingerprint density at radius 1 is 1.35 bits per heavy atom. The van der Waals surface area contributed by atoms with Crippen LogP contribution in [0.25, 0.3) is 0 Å². The fraction of sp³-hybridized carbons (Fsp3) is 0.833.